The SMILES string of the molecule is C=COCc1ccc(-c2nc(C(F)(F)F)cn2C(C)C)cc1F. The van der Waals surface area contributed by atoms with Crippen molar-refractivity contribution >= 4 is 0 Å². The quantitative estimate of drug-likeness (QED) is 0.574. The van der Waals surface area contributed by atoms with Crippen molar-refractivity contribution in [3.63, 3.8) is 0 Å². The van der Waals surface area contributed by atoms with Gasteiger partial charge in [-0.3, -0.25) is 0 Å². The molecule has 2 rings (SSSR count). The zero-order valence-corrected chi connectivity index (χ0v) is 12.7. The summed E-state index contributed by atoms with van der Waals surface area (Å²) in [6, 6.07) is 3.89. The van der Waals surface area contributed by atoms with Gasteiger partial charge in [-0.05, 0) is 19.9 Å². The Labute approximate surface area is 131 Å². The van der Waals surface area contributed by atoms with Gasteiger partial charge in [0.25, 0.3) is 0 Å². The number of aromatic nitrogens is 2. The van der Waals surface area contributed by atoms with E-state index in [0.29, 0.717) is 0 Å². The van der Waals surface area contributed by atoms with E-state index in [4.69, 9.17) is 4.74 Å². The van der Waals surface area contributed by atoms with Crippen molar-refractivity contribution in [2.75, 3.05) is 0 Å². The predicted molar refractivity (Wildman–Crippen MR) is 78.0 cm³/mol. The third-order valence-corrected chi connectivity index (χ3v) is 3.25. The molecule has 0 aliphatic heterocycles. The van der Waals surface area contributed by atoms with Gasteiger partial charge in [0.15, 0.2) is 5.69 Å². The summed E-state index contributed by atoms with van der Waals surface area (Å²) in [5.74, 6) is -0.501. The molecule has 0 aliphatic carbocycles. The molecule has 1 aromatic carbocycles. The molecular weight excluding hydrogens is 312 g/mol. The molecule has 0 saturated heterocycles. The fraction of sp³-hybridized carbons (Fsp3) is 0.312. The highest BCUT2D eigenvalue weighted by Gasteiger charge is 2.35. The van der Waals surface area contributed by atoms with Gasteiger partial charge in [0.2, 0.25) is 0 Å². The van der Waals surface area contributed by atoms with Gasteiger partial charge in [-0.1, -0.05) is 18.7 Å². The van der Waals surface area contributed by atoms with Crippen molar-refractivity contribution in [2.24, 2.45) is 0 Å². The number of ether oxygens (including phenoxy) is 1. The molecule has 2 aromatic rings. The van der Waals surface area contributed by atoms with E-state index in [0.717, 1.165) is 12.3 Å². The molecule has 0 N–H and O–H groups in total. The highest BCUT2D eigenvalue weighted by Crippen LogP contribution is 2.33. The van der Waals surface area contributed by atoms with Crippen molar-refractivity contribution in [1.82, 2.24) is 9.55 Å². The van der Waals surface area contributed by atoms with Crippen LogP contribution in [-0.4, -0.2) is 9.55 Å². The van der Waals surface area contributed by atoms with Crippen LogP contribution in [0, 0.1) is 5.82 Å². The number of imidazole rings is 1. The van der Waals surface area contributed by atoms with E-state index >= 15 is 0 Å². The Bertz CT molecular complexity index is 705. The fourth-order valence-electron chi connectivity index (χ4n) is 2.09. The van der Waals surface area contributed by atoms with Crippen LogP contribution in [0.4, 0.5) is 17.6 Å². The molecule has 1 aromatic heterocycles. The lowest BCUT2D eigenvalue weighted by Gasteiger charge is -2.12. The lowest BCUT2D eigenvalue weighted by atomic mass is 10.1. The number of benzene rings is 1. The Morgan fingerprint density at radius 2 is 2.04 bits per heavy atom. The molecule has 124 valence electrons. The molecule has 0 radical (unpaired) electrons. The minimum Gasteiger partial charge on any atom is -0.497 e. The number of hydrogen-bond acceptors (Lipinski definition) is 2. The van der Waals surface area contributed by atoms with Gasteiger partial charge < -0.3 is 9.30 Å². The van der Waals surface area contributed by atoms with Crippen molar-refractivity contribution < 1.29 is 22.3 Å². The molecule has 1 heterocycles. The molecule has 7 heteroatoms. The van der Waals surface area contributed by atoms with Crippen LogP contribution in [-0.2, 0) is 17.5 Å². The van der Waals surface area contributed by atoms with Crippen molar-refractivity contribution in [2.45, 2.75) is 32.7 Å². The van der Waals surface area contributed by atoms with E-state index in [-0.39, 0.29) is 29.6 Å². The van der Waals surface area contributed by atoms with Gasteiger partial charge >= 0.3 is 6.18 Å². The second-order valence-corrected chi connectivity index (χ2v) is 5.23. The molecule has 0 fully saturated rings. The van der Waals surface area contributed by atoms with Crippen LogP contribution in [0.25, 0.3) is 11.4 Å². The summed E-state index contributed by atoms with van der Waals surface area (Å²) < 4.78 is 58.9. The number of alkyl halides is 3. The van der Waals surface area contributed by atoms with Crippen LogP contribution >= 0.6 is 0 Å². The number of rotatable bonds is 5. The van der Waals surface area contributed by atoms with Crippen molar-refractivity contribution in [3.8, 4) is 11.4 Å². The van der Waals surface area contributed by atoms with Gasteiger partial charge in [-0.2, -0.15) is 13.2 Å². The van der Waals surface area contributed by atoms with Crippen molar-refractivity contribution in [1.29, 1.82) is 0 Å². The second kappa shape index (κ2) is 6.44. The van der Waals surface area contributed by atoms with Crippen LogP contribution in [0.3, 0.4) is 0 Å². The first-order valence-corrected chi connectivity index (χ1v) is 6.91. The first-order valence-electron chi connectivity index (χ1n) is 6.91. The Morgan fingerprint density at radius 3 is 2.57 bits per heavy atom. The second-order valence-electron chi connectivity index (χ2n) is 5.23. The number of halogens is 4. The van der Waals surface area contributed by atoms with E-state index in [9.17, 15) is 17.6 Å². The lowest BCUT2D eigenvalue weighted by Crippen LogP contribution is -2.05. The average Bonchev–Trinajstić information content (AvgIpc) is 2.91. The first kappa shape index (κ1) is 17.1. The highest BCUT2D eigenvalue weighted by molar-refractivity contribution is 5.57. The largest absolute Gasteiger partial charge is 0.497 e. The Hall–Kier alpha value is -2.31. The third kappa shape index (κ3) is 3.72. The maximum absolute atomic E-state index is 14.1. The smallest absolute Gasteiger partial charge is 0.434 e. The standard InChI is InChI=1S/C16H16F4N2O/c1-4-23-9-12-6-5-11(7-13(12)17)15-21-14(16(18,19)20)8-22(15)10(2)3/h4-8,10H,1,9H2,2-3H3. The maximum atomic E-state index is 14.1. The van der Waals surface area contributed by atoms with Gasteiger partial charge in [0, 0.05) is 23.4 Å². The Morgan fingerprint density at radius 1 is 1.35 bits per heavy atom. The fourth-order valence-corrected chi connectivity index (χ4v) is 2.09. The molecule has 0 amide bonds. The topological polar surface area (TPSA) is 27.1 Å². The summed E-state index contributed by atoms with van der Waals surface area (Å²) >= 11 is 0. The van der Waals surface area contributed by atoms with Crippen LogP contribution in [0.5, 0.6) is 0 Å². The zero-order chi connectivity index (χ0) is 17.2. The Balaban J connectivity index is 2.47. The Kier molecular flexibility index (Phi) is 4.77. The minimum atomic E-state index is -4.55. The van der Waals surface area contributed by atoms with Crippen LogP contribution in [0.15, 0.2) is 37.2 Å². The lowest BCUT2D eigenvalue weighted by molar-refractivity contribution is -0.140. The number of hydrogen-bond donors (Lipinski definition) is 0. The van der Waals surface area contributed by atoms with E-state index < -0.39 is 17.7 Å². The van der Waals surface area contributed by atoms with E-state index in [1.54, 1.807) is 13.8 Å². The highest BCUT2D eigenvalue weighted by atomic mass is 19.4. The minimum absolute atomic E-state index is 0.00202. The van der Waals surface area contributed by atoms with Crippen LogP contribution in [0.1, 0.15) is 31.1 Å². The summed E-state index contributed by atoms with van der Waals surface area (Å²) in [4.78, 5) is 3.63. The molecule has 0 saturated carbocycles. The van der Waals surface area contributed by atoms with Gasteiger partial charge in [-0.15, -0.1) is 0 Å². The van der Waals surface area contributed by atoms with Gasteiger partial charge in [-0.25, -0.2) is 9.37 Å². The van der Waals surface area contributed by atoms with E-state index in [1.165, 1.54) is 23.0 Å². The molecule has 0 aliphatic rings. The molecule has 0 spiro atoms. The summed E-state index contributed by atoms with van der Waals surface area (Å²) in [5, 5.41) is 0. The first-order chi connectivity index (χ1) is 10.7. The average molecular weight is 328 g/mol. The predicted octanol–water partition coefficient (Wildman–Crippen LogP) is 4.95. The van der Waals surface area contributed by atoms with Gasteiger partial charge in [0.05, 0.1) is 6.26 Å². The molecular formula is C16H16F4N2O. The third-order valence-electron chi connectivity index (χ3n) is 3.25. The maximum Gasteiger partial charge on any atom is 0.434 e. The van der Waals surface area contributed by atoms with Crippen LogP contribution < -0.4 is 0 Å². The molecule has 23 heavy (non-hydrogen) atoms. The monoisotopic (exact) mass is 328 g/mol. The molecule has 0 atom stereocenters. The summed E-state index contributed by atoms with van der Waals surface area (Å²) in [6.07, 6.45) is -2.42. The summed E-state index contributed by atoms with van der Waals surface area (Å²) in [7, 11) is 0. The van der Waals surface area contributed by atoms with E-state index in [1.807, 2.05) is 0 Å². The molecule has 3 nitrogen and oxygen atoms in total. The summed E-state index contributed by atoms with van der Waals surface area (Å²) in [5.41, 5.74) is -0.443. The van der Waals surface area contributed by atoms with Crippen molar-refractivity contribution in [3.05, 3.63) is 54.3 Å². The van der Waals surface area contributed by atoms with E-state index in [2.05, 4.69) is 11.6 Å². The molecule has 0 bridgehead atoms. The van der Waals surface area contributed by atoms with Crippen LogP contribution in [0.2, 0.25) is 0 Å². The zero-order valence-electron chi connectivity index (χ0n) is 12.7. The summed E-state index contributed by atoms with van der Waals surface area (Å²) in [6.45, 7) is 6.83. The van der Waals surface area contributed by atoms with Gasteiger partial charge in [0.1, 0.15) is 18.2 Å². The number of nitrogens with zero attached hydrogens (tertiary/aromatic N) is 2. The normalized spacial score (nSPS) is 11.8. The molecule has 0 unspecified atom stereocenters.